The van der Waals surface area contributed by atoms with Gasteiger partial charge >= 0.3 is 0 Å². The number of carbonyl (C=O) groups excluding carboxylic acids is 1. The number of amides is 1. The van der Waals surface area contributed by atoms with Gasteiger partial charge in [-0.05, 0) is 37.8 Å². The van der Waals surface area contributed by atoms with E-state index in [0.717, 1.165) is 32.0 Å². The van der Waals surface area contributed by atoms with E-state index in [1.807, 2.05) is 0 Å². The first-order chi connectivity index (χ1) is 5.84. The molecule has 3 heteroatoms. The van der Waals surface area contributed by atoms with Crippen LogP contribution in [-0.4, -0.2) is 25.5 Å². The highest BCUT2D eigenvalue weighted by atomic mass is 16.1. The third-order valence-corrected chi connectivity index (χ3v) is 2.62. The van der Waals surface area contributed by atoms with E-state index in [1.54, 1.807) is 0 Å². The molecule has 0 aromatic heterocycles. The molecule has 1 aliphatic heterocycles. The molecule has 0 atom stereocenters. The van der Waals surface area contributed by atoms with Crippen molar-refractivity contribution < 1.29 is 4.79 Å². The Morgan fingerprint density at radius 3 is 2.58 bits per heavy atom. The largest absolute Gasteiger partial charge is 0.356 e. The van der Waals surface area contributed by atoms with Crippen molar-refractivity contribution >= 4 is 5.91 Å². The molecule has 1 saturated carbocycles. The lowest BCUT2D eigenvalue weighted by Gasteiger charge is -2.26. The highest BCUT2D eigenvalue weighted by Crippen LogP contribution is 2.27. The zero-order valence-electron chi connectivity index (χ0n) is 7.31. The normalized spacial score (nSPS) is 23.3. The van der Waals surface area contributed by atoms with Crippen LogP contribution in [0.2, 0.25) is 0 Å². The number of hydrogen-bond donors (Lipinski definition) is 2. The minimum absolute atomic E-state index is 0.244. The Morgan fingerprint density at radius 1 is 1.33 bits per heavy atom. The van der Waals surface area contributed by atoms with Crippen LogP contribution in [0, 0.1) is 11.8 Å². The topological polar surface area (TPSA) is 41.1 Å². The number of carbonyl (C=O) groups is 1. The van der Waals surface area contributed by atoms with Gasteiger partial charge in [-0.15, -0.1) is 0 Å². The van der Waals surface area contributed by atoms with Gasteiger partial charge in [-0.2, -0.15) is 0 Å². The molecular weight excluding hydrogens is 152 g/mol. The zero-order valence-corrected chi connectivity index (χ0v) is 7.31. The van der Waals surface area contributed by atoms with Crippen molar-refractivity contribution in [1.82, 2.24) is 10.6 Å². The van der Waals surface area contributed by atoms with Crippen molar-refractivity contribution in [3.8, 4) is 0 Å². The van der Waals surface area contributed by atoms with Gasteiger partial charge in [0.25, 0.3) is 0 Å². The van der Waals surface area contributed by atoms with Crippen LogP contribution >= 0.6 is 0 Å². The molecular formula is C9H16N2O. The van der Waals surface area contributed by atoms with Crippen molar-refractivity contribution in [3.05, 3.63) is 0 Å². The van der Waals surface area contributed by atoms with E-state index in [0.29, 0.717) is 5.92 Å². The Bertz CT molecular complexity index is 173. The molecule has 2 fully saturated rings. The molecule has 0 aromatic carbocycles. The predicted molar refractivity (Wildman–Crippen MR) is 46.7 cm³/mol. The van der Waals surface area contributed by atoms with Gasteiger partial charge in [0.05, 0.1) is 0 Å². The van der Waals surface area contributed by atoms with Crippen LogP contribution in [0.5, 0.6) is 0 Å². The van der Waals surface area contributed by atoms with Gasteiger partial charge in [-0.25, -0.2) is 0 Å². The van der Waals surface area contributed by atoms with Crippen LogP contribution in [0.15, 0.2) is 0 Å². The minimum atomic E-state index is 0.244. The molecule has 0 bridgehead atoms. The third-order valence-electron chi connectivity index (χ3n) is 2.62. The molecule has 1 heterocycles. The fraction of sp³-hybridized carbons (Fsp3) is 0.889. The highest BCUT2D eigenvalue weighted by Gasteiger charge is 2.23. The fourth-order valence-corrected chi connectivity index (χ4v) is 1.41. The summed E-state index contributed by atoms with van der Waals surface area (Å²) in [5, 5.41) is 6.14. The van der Waals surface area contributed by atoms with E-state index in [-0.39, 0.29) is 5.91 Å². The van der Waals surface area contributed by atoms with E-state index >= 15 is 0 Å². The number of hydrogen-bond acceptors (Lipinski definition) is 2. The van der Waals surface area contributed by atoms with Crippen LogP contribution < -0.4 is 10.6 Å². The predicted octanol–water partition coefficient (Wildman–Crippen LogP) is 0.122. The Morgan fingerprint density at radius 2 is 2.08 bits per heavy atom. The lowest BCUT2D eigenvalue weighted by atomic mass is 9.99. The van der Waals surface area contributed by atoms with E-state index in [2.05, 4.69) is 10.6 Å². The van der Waals surface area contributed by atoms with E-state index in [1.165, 1.54) is 12.8 Å². The Kier molecular flexibility index (Phi) is 2.30. The minimum Gasteiger partial charge on any atom is -0.356 e. The molecule has 1 aliphatic carbocycles. The molecule has 3 nitrogen and oxygen atoms in total. The second-order valence-electron chi connectivity index (χ2n) is 3.98. The van der Waals surface area contributed by atoms with Gasteiger partial charge in [0.15, 0.2) is 0 Å². The molecule has 68 valence electrons. The third kappa shape index (κ3) is 2.21. The maximum atomic E-state index is 11.2. The smallest absolute Gasteiger partial charge is 0.220 e. The molecule has 2 N–H and O–H groups in total. The Hall–Kier alpha value is -0.570. The Balaban J connectivity index is 1.56. The summed E-state index contributed by atoms with van der Waals surface area (Å²) in [7, 11) is 0. The summed E-state index contributed by atoms with van der Waals surface area (Å²) >= 11 is 0. The van der Waals surface area contributed by atoms with Crippen LogP contribution in [0.1, 0.15) is 19.3 Å². The second-order valence-corrected chi connectivity index (χ2v) is 3.98. The second kappa shape index (κ2) is 3.44. The van der Waals surface area contributed by atoms with Crippen molar-refractivity contribution in [2.75, 3.05) is 19.6 Å². The van der Waals surface area contributed by atoms with Crippen molar-refractivity contribution in [1.29, 1.82) is 0 Å². The maximum Gasteiger partial charge on any atom is 0.220 e. The molecule has 0 radical (unpaired) electrons. The summed E-state index contributed by atoms with van der Waals surface area (Å²) in [5.41, 5.74) is 0. The SMILES string of the molecule is O=C(CC1CNC1)NCC1CC1. The molecule has 12 heavy (non-hydrogen) atoms. The average Bonchev–Trinajstić information content (AvgIpc) is 2.76. The molecule has 2 rings (SSSR count). The van der Waals surface area contributed by atoms with Gasteiger partial charge in [0.2, 0.25) is 5.91 Å². The fourth-order valence-electron chi connectivity index (χ4n) is 1.41. The quantitative estimate of drug-likeness (QED) is 0.626. The standard InChI is InChI=1S/C9H16N2O/c12-9(3-8-4-10-5-8)11-6-7-1-2-7/h7-8,10H,1-6H2,(H,11,12). The Labute approximate surface area is 72.9 Å². The number of nitrogens with one attached hydrogen (secondary N) is 2. The van der Waals surface area contributed by atoms with Gasteiger partial charge in [0, 0.05) is 13.0 Å². The van der Waals surface area contributed by atoms with Crippen molar-refractivity contribution in [2.45, 2.75) is 19.3 Å². The van der Waals surface area contributed by atoms with Gasteiger partial charge in [-0.1, -0.05) is 0 Å². The van der Waals surface area contributed by atoms with Crippen LogP contribution in [0.3, 0.4) is 0 Å². The molecule has 0 spiro atoms. The van der Waals surface area contributed by atoms with Crippen LogP contribution in [-0.2, 0) is 4.79 Å². The van der Waals surface area contributed by atoms with E-state index in [9.17, 15) is 4.79 Å². The maximum absolute atomic E-state index is 11.2. The first kappa shape index (κ1) is 8.05. The summed E-state index contributed by atoms with van der Waals surface area (Å²) in [6.45, 7) is 2.96. The van der Waals surface area contributed by atoms with Crippen molar-refractivity contribution in [2.24, 2.45) is 11.8 Å². The average molecular weight is 168 g/mol. The summed E-state index contributed by atoms with van der Waals surface area (Å²) in [5.74, 6) is 1.64. The molecule has 1 amide bonds. The van der Waals surface area contributed by atoms with Crippen LogP contribution in [0.25, 0.3) is 0 Å². The number of rotatable bonds is 4. The lowest BCUT2D eigenvalue weighted by Crippen LogP contribution is -2.44. The van der Waals surface area contributed by atoms with E-state index < -0.39 is 0 Å². The molecule has 1 saturated heterocycles. The highest BCUT2D eigenvalue weighted by molar-refractivity contribution is 5.76. The van der Waals surface area contributed by atoms with Gasteiger partial charge in [-0.3, -0.25) is 4.79 Å². The summed E-state index contributed by atoms with van der Waals surface area (Å²) in [6.07, 6.45) is 3.34. The summed E-state index contributed by atoms with van der Waals surface area (Å²) in [4.78, 5) is 11.2. The first-order valence-corrected chi connectivity index (χ1v) is 4.82. The van der Waals surface area contributed by atoms with Crippen molar-refractivity contribution in [3.63, 3.8) is 0 Å². The first-order valence-electron chi connectivity index (χ1n) is 4.82. The van der Waals surface area contributed by atoms with Gasteiger partial charge in [0.1, 0.15) is 0 Å². The molecule has 2 aliphatic rings. The molecule has 0 unspecified atom stereocenters. The zero-order chi connectivity index (χ0) is 8.39. The van der Waals surface area contributed by atoms with Gasteiger partial charge < -0.3 is 10.6 Å². The monoisotopic (exact) mass is 168 g/mol. The summed E-state index contributed by atoms with van der Waals surface area (Å²) < 4.78 is 0. The summed E-state index contributed by atoms with van der Waals surface area (Å²) in [6, 6.07) is 0. The lowest BCUT2D eigenvalue weighted by molar-refractivity contribution is -0.122. The van der Waals surface area contributed by atoms with E-state index in [4.69, 9.17) is 0 Å². The van der Waals surface area contributed by atoms with Crippen LogP contribution in [0.4, 0.5) is 0 Å². The molecule has 0 aromatic rings.